The topological polar surface area (TPSA) is 156 Å². The van der Waals surface area contributed by atoms with Crippen molar-refractivity contribution in [2.75, 3.05) is 31.5 Å². The van der Waals surface area contributed by atoms with Gasteiger partial charge < -0.3 is 35.5 Å². The summed E-state index contributed by atoms with van der Waals surface area (Å²) in [4.78, 5) is 44.4. The van der Waals surface area contributed by atoms with Crippen LogP contribution in [0.5, 0.6) is 5.75 Å². The summed E-state index contributed by atoms with van der Waals surface area (Å²) in [5, 5.41) is 31.0. The molecule has 0 radical (unpaired) electrons. The number of nitrogens with one attached hydrogen (secondary N) is 4. The lowest BCUT2D eigenvalue weighted by Crippen LogP contribution is -2.40. The van der Waals surface area contributed by atoms with E-state index in [1.807, 2.05) is 66.7 Å². The van der Waals surface area contributed by atoms with Crippen molar-refractivity contribution in [1.82, 2.24) is 20.5 Å². The van der Waals surface area contributed by atoms with Crippen LogP contribution in [0.4, 0.5) is 10.5 Å². The first-order valence-corrected chi connectivity index (χ1v) is 20.1. The molecule has 2 aromatic heterocycles. The molecule has 1 saturated carbocycles. The molecule has 12 heteroatoms. The van der Waals surface area contributed by atoms with Crippen molar-refractivity contribution in [3.05, 3.63) is 117 Å². The third kappa shape index (κ3) is 10.0. The van der Waals surface area contributed by atoms with E-state index in [1.165, 1.54) is 23.5 Å². The summed E-state index contributed by atoms with van der Waals surface area (Å²) in [5.74, 6) is 0.563. The number of pyridine rings is 1. The van der Waals surface area contributed by atoms with Gasteiger partial charge in [0.15, 0.2) is 0 Å². The van der Waals surface area contributed by atoms with Crippen molar-refractivity contribution >= 4 is 39.9 Å². The molecule has 3 heterocycles. The Labute approximate surface area is 324 Å². The Bertz CT molecular complexity index is 2120. The minimum atomic E-state index is -0.853. The van der Waals surface area contributed by atoms with Crippen LogP contribution in [0.25, 0.3) is 22.0 Å². The number of anilines is 1. The number of hydrogen-bond donors (Lipinski definition) is 6. The average molecular weight is 764 g/mol. The molecule has 2 amide bonds. The smallest absolute Gasteiger partial charge is 0.411 e. The van der Waals surface area contributed by atoms with E-state index in [-0.39, 0.29) is 35.9 Å². The number of piperidine rings is 1. The third-order valence-electron chi connectivity index (χ3n) is 10.9. The zero-order chi connectivity index (χ0) is 38.1. The standard InChI is InChI=1S/C43H49N5O6S/c49-37-17-15-34(35-16-19-40(51)47-41(35)37)38(50)27-44-26-32-14-18-39(55-32)42(52)45-30-12-10-28(11-13-30)20-23-48-24-21-31(22-25-48)54-43(53)46-36-9-5-4-8-33(36)29-6-2-1-3-7-29/h1-9,14-19,28,30-31,38,44,49-50H,10-13,20-27H2,(H,45,52)(H,46,53)(H,47,51)/t28?,30?,38-/m0/s1. The lowest BCUT2D eigenvalue weighted by molar-refractivity contribution is 0.0563. The van der Waals surface area contributed by atoms with Gasteiger partial charge in [0.2, 0.25) is 5.56 Å². The van der Waals surface area contributed by atoms with Crippen LogP contribution in [0, 0.1) is 5.92 Å². The van der Waals surface area contributed by atoms with Gasteiger partial charge in [-0.1, -0.05) is 54.6 Å². The van der Waals surface area contributed by atoms with Gasteiger partial charge in [-0.15, -0.1) is 11.3 Å². The fraction of sp³-hybridized carbons (Fsp3) is 0.372. The van der Waals surface area contributed by atoms with Gasteiger partial charge >= 0.3 is 6.09 Å². The predicted molar refractivity (Wildman–Crippen MR) is 216 cm³/mol. The van der Waals surface area contributed by atoms with Crippen LogP contribution in [0.1, 0.15) is 71.2 Å². The van der Waals surface area contributed by atoms with E-state index in [0.717, 1.165) is 86.3 Å². The van der Waals surface area contributed by atoms with Crippen LogP contribution < -0.4 is 21.5 Å². The number of amides is 2. The molecule has 0 bridgehead atoms. The molecule has 1 saturated heterocycles. The second-order valence-corrected chi connectivity index (χ2v) is 15.8. The number of phenolic OH excluding ortho intramolecular Hbond substituents is 1. The first-order chi connectivity index (χ1) is 26.8. The van der Waals surface area contributed by atoms with Gasteiger partial charge in [0, 0.05) is 54.1 Å². The quantitative estimate of drug-likeness (QED) is 0.0737. The van der Waals surface area contributed by atoms with E-state index < -0.39 is 12.2 Å². The van der Waals surface area contributed by atoms with E-state index in [0.29, 0.717) is 33.8 Å². The molecule has 2 aliphatic rings. The summed E-state index contributed by atoms with van der Waals surface area (Å²) in [5.41, 5.74) is 3.34. The average Bonchev–Trinajstić information content (AvgIpc) is 3.68. The maximum Gasteiger partial charge on any atom is 0.411 e. The first kappa shape index (κ1) is 38.3. The molecule has 11 nitrogen and oxygen atoms in total. The number of fused-ring (bicyclic) bond motifs is 1. The van der Waals surface area contributed by atoms with Gasteiger partial charge in [0.1, 0.15) is 11.9 Å². The molecule has 55 heavy (non-hydrogen) atoms. The Morgan fingerprint density at radius 1 is 0.891 bits per heavy atom. The van der Waals surface area contributed by atoms with Gasteiger partial charge in [0.05, 0.1) is 22.2 Å². The van der Waals surface area contributed by atoms with Crippen LogP contribution in [0.15, 0.2) is 95.8 Å². The number of hydrogen-bond acceptors (Lipinski definition) is 9. The monoisotopic (exact) mass is 763 g/mol. The highest BCUT2D eigenvalue weighted by Crippen LogP contribution is 2.31. The number of rotatable bonds is 13. The SMILES string of the molecule is O=C(Nc1ccccc1-c1ccccc1)OC1CCN(CCC2CCC(NC(=O)c3ccc(CNC[C@H](O)c4ccc(O)c5[nH]c(=O)ccc45)s3)CC2)CC1. The number of aromatic nitrogens is 1. The van der Waals surface area contributed by atoms with Crippen molar-refractivity contribution in [3.8, 4) is 16.9 Å². The number of aromatic hydroxyl groups is 1. The molecular formula is C43H49N5O6S. The minimum absolute atomic E-state index is 0.0385. The second kappa shape index (κ2) is 18.1. The van der Waals surface area contributed by atoms with Crippen molar-refractivity contribution in [2.45, 2.75) is 69.7 Å². The normalized spacial score (nSPS) is 18.5. The van der Waals surface area contributed by atoms with E-state index >= 15 is 0 Å². The van der Waals surface area contributed by atoms with Crippen LogP contribution in [-0.2, 0) is 11.3 Å². The number of para-hydroxylation sites is 1. The molecule has 2 fully saturated rings. The van der Waals surface area contributed by atoms with Crippen molar-refractivity contribution in [1.29, 1.82) is 0 Å². The Hall–Kier alpha value is -5.01. The number of carbonyl (C=O) groups is 2. The second-order valence-electron chi connectivity index (χ2n) is 14.7. The third-order valence-corrected chi connectivity index (χ3v) is 12.0. The van der Waals surface area contributed by atoms with E-state index in [4.69, 9.17) is 4.74 Å². The number of aliphatic hydroxyl groups is 1. The van der Waals surface area contributed by atoms with Gasteiger partial charge in [-0.05, 0) is 98.9 Å². The highest BCUT2D eigenvalue weighted by molar-refractivity contribution is 7.14. The van der Waals surface area contributed by atoms with Crippen LogP contribution >= 0.6 is 11.3 Å². The van der Waals surface area contributed by atoms with E-state index in [1.54, 1.807) is 12.1 Å². The molecule has 288 valence electrons. The van der Waals surface area contributed by atoms with Crippen LogP contribution in [0.2, 0.25) is 0 Å². The lowest BCUT2D eigenvalue weighted by Gasteiger charge is -2.34. The molecule has 5 aromatic rings. The summed E-state index contributed by atoms with van der Waals surface area (Å²) in [6.45, 7) is 3.64. The minimum Gasteiger partial charge on any atom is -0.506 e. The number of nitrogens with zero attached hydrogens (tertiary/aromatic N) is 1. The fourth-order valence-electron chi connectivity index (χ4n) is 7.81. The lowest BCUT2D eigenvalue weighted by atomic mass is 9.84. The van der Waals surface area contributed by atoms with E-state index in [2.05, 4.69) is 25.8 Å². The number of aromatic amines is 1. The molecule has 1 aliphatic carbocycles. The molecule has 1 aliphatic heterocycles. The molecule has 1 atom stereocenters. The van der Waals surface area contributed by atoms with E-state index in [9.17, 15) is 24.6 Å². The zero-order valence-corrected chi connectivity index (χ0v) is 31.7. The Kier molecular flexibility index (Phi) is 12.6. The maximum absolute atomic E-state index is 13.1. The first-order valence-electron chi connectivity index (χ1n) is 19.3. The summed E-state index contributed by atoms with van der Waals surface area (Å²) in [6, 6.07) is 27.9. The maximum atomic E-state index is 13.1. The highest BCUT2D eigenvalue weighted by atomic mass is 32.1. The van der Waals surface area contributed by atoms with Gasteiger partial charge in [-0.25, -0.2) is 4.79 Å². The molecule has 0 spiro atoms. The Morgan fingerprint density at radius 2 is 1.65 bits per heavy atom. The zero-order valence-electron chi connectivity index (χ0n) is 30.8. The van der Waals surface area contributed by atoms with Crippen LogP contribution in [0.3, 0.4) is 0 Å². The number of benzene rings is 3. The molecular weight excluding hydrogens is 715 g/mol. The summed E-state index contributed by atoms with van der Waals surface area (Å²) in [6.07, 6.45) is 5.61. The number of ether oxygens (including phenoxy) is 1. The van der Waals surface area contributed by atoms with Gasteiger partial charge in [0.25, 0.3) is 5.91 Å². The Balaban J connectivity index is 0.775. The molecule has 0 unspecified atom stereocenters. The predicted octanol–water partition coefficient (Wildman–Crippen LogP) is 7.18. The number of thiophene rings is 1. The summed E-state index contributed by atoms with van der Waals surface area (Å²) >= 11 is 1.45. The van der Waals surface area contributed by atoms with Crippen molar-refractivity contribution < 1.29 is 24.5 Å². The van der Waals surface area contributed by atoms with Crippen LogP contribution in [-0.4, -0.2) is 70.4 Å². The molecule has 3 aromatic carbocycles. The highest BCUT2D eigenvalue weighted by Gasteiger charge is 2.26. The largest absolute Gasteiger partial charge is 0.506 e. The van der Waals surface area contributed by atoms with Gasteiger partial charge in [-0.2, -0.15) is 0 Å². The number of aliphatic hydroxyl groups excluding tert-OH is 1. The fourth-order valence-corrected chi connectivity index (χ4v) is 8.69. The number of phenols is 1. The molecule has 6 N–H and O–H groups in total. The number of likely N-dealkylation sites (tertiary alicyclic amines) is 1. The number of carbonyl (C=O) groups excluding carboxylic acids is 2. The molecule has 7 rings (SSSR count). The van der Waals surface area contributed by atoms with Crippen molar-refractivity contribution in [2.24, 2.45) is 5.92 Å². The van der Waals surface area contributed by atoms with Gasteiger partial charge in [-0.3, -0.25) is 14.9 Å². The Morgan fingerprint density at radius 3 is 2.45 bits per heavy atom. The van der Waals surface area contributed by atoms with Crippen molar-refractivity contribution in [3.63, 3.8) is 0 Å². The summed E-state index contributed by atoms with van der Waals surface area (Å²) in [7, 11) is 0. The summed E-state index contributed by atoms with van der Waals surface area (Å²) < 4.78 is 5.83. The number of H-pyrrole nitrogens is 1.